The number of benzene rings is 1. The van der Waals surface area contributed by atoms with Gasteiger partial charge in [0, 0.05) is 6.04 Å². The highest BCUT2D eigenvalue weighted by atomic mass is 16.5. The average Bonchev–Trinajstić information content (AvgIpc) is 2.55. The molecule has 0 bridgehead atoms. The zero-order valence-electron chi connectivity index (χ0n) is 12.6. The summed E-state index contributed by atoms with van der Waals surface area (Å²) < 4.78 is 5.71. The lowest BCUT2D eigenvalue weighted by atomic mass is 9.90. The summed E-state index contributed by atoms with van der Waals surface area (Å²) in [5.74, 6) is 1.58. The maximum Gasteiger partial charge on any atom is 0.227 e. The lowest BCUT2D eigenvalue weighted by molar-refractivity contribution is -0.127. The van der Waals surface area contributed by atoms with Crippen LogP contribution in [0, 0.1) is 11.8 Å². The molecule has 0 aromatic heterocycles. The smallest absolute Gasteiger partial charge is 0.227 e. The van der Waals surface area contributed by atoms with Crippen LogP contribution in [0.5, 0.6) is 5.75 Å². The van der Waals surface area contributed by atoms with Crippen LogP contribution in [0.1, 0.15) is 25.3 Å². The van der Waals surface area contributed by atoms with Crippen LogP contribution in [0.4, 0.5) is 0 Å². The first-order valence-electron chi connectivity index (χ1n) is 7.96. The molecule has 1 amide bonds. The molecule has 3 rings (SSSR count). The molecule has 2 aliphatic rings. The van der Waals surface area contributed by atoms with Gasteiger partial charge in [-0.3, -0.25) is 4.79 Å². The predicted molar refractivity (Wildman–Crippen MR) is 82.3 cm³/mol. The number of nitrogens with one attached hydrogen (secondary N) is 2. The van der Waals surface area contributed by atoms with Gasteiger partial charge in [0.15, 0.2) is 0 Å². The fourth-order valence-corrected chi connectivity index (χ4v) is 3.30. The van der Waals surface area contributed by atoms with Gasteiger partial charge in [0.1, 0.15) is 12.4 Å². The van der Waals surface area contributed by atoms with E-state index >= 15 is 0 Å². The Kier molecular flexibility index (Phi) is 4.44. The number of amides is 1. The van der Waals surface area contributed by atoms with Gasteiger partial charge in [-0.1, -0.05) is 18.2 Å². The number of hydrogen-bond donors (Lipinski definition) is 2. The molecule has 2 atom stereocenters. The number of fused-ring (bicyclic) bond motifs is 1. The molecular formula is C17H24N2O2. The van der Waals surface area contributed by atoms with Crippen molar-refractivity contribution < 1.29 is 9.53 Å². The van der Waals surface area contributed by atoms with Crippen molar-refractivity contribution in [3.63, 3.8) is 0 Å². The Morgan fingerprint density at radius 3 is 2.90 bits per heavy atom. The molecule has 1 aromatic rings. The first kappa shape index (κ1) is 14.4. The van der Waals surface area contributed by atoms with Crippen molar-refractivity contribution in [1.82, 2.24) is 10.6 Å². The second-order valence-corrected chi connectivity index (χ2v) is 6.20. The van der Waals surface area contributed by atoms with Gasteiger partial charge < -0.3 is 15.4 Å². The third-order valence-corrected chi connectivity index (χ3v) is 4.71. The van der Waals surface area contributed by atoms with E-state index in [4.69, 9.17) is 4.74 Å². The van der Waals surface area contributed by atoms with Crippen molar-refractivity contribution in [3.8, 4) is 5.75 Å². The molecule has 0 radical (unpaired) electrons. The number of hydrogen-bond acceptors (Lipinski definition) is 3. The maximum atomic E-state index is 12.5. The summed E-state index contributed by atoms with van der Waals surface area (Å²) in [6.45, 7) is 4.74. The van der Waals surface area contributed by atoms with Crippen LogP contribution in [0.3, 0.4) is 0 Å². The number of rotatable bonds is 3. The third kappa shape index (κ3) is 3.38. The number of piperidine rings is 1. The molecule has 2 heterocycles. The van der Waals surface area contributed by atoms with E-state index in [-0.39, 0.29) is 17.9 Å². The first-order valence-corrected chi connectivity index (χ1v) is 7.96. The Morgan fingerprint density at radius 1 is 1.33 bits per heavy atom. The monoisotopic (exact) mass is 288 g/mol. The van der Waals surface area contributed by atoms with Crippen molar-refractivity contribution >= 4 is 5.91 Å². The molecule has 1 saturated heterocycles. The molecule has 21 heavy (non-hydrogen) atoms. The summed E-state index contributed by atoms with van der Waals surface area (Å²) in [7, 11) is 0. The summed E-state index contributed by atoms with van der Waals surface area (Å²) in [6, 6.07) is 8.24. The van der Waals surface area contributed by atoms with Crippen LogP contribution < -0.4 is 15.4 Å². The minimum Gasteiger partial charge on any atom is -0.492 e. The highest BCUT2D eigenvalue weighted by Crippen LogP contribution is 2.27. The van der Waals surface area contributed by atoms with Gasteiger partial charge >= 0.3 is 0 Å². The summed E-state index contributed by atoms with van der Waals surface area (Å²) in [4.78, 5) is 12.5. The van der Waals surface area contributed by atoms with Crippen molar-refractivity contribution in [1.29, 1.82) is 0 Å². The van der Waals surface area contributed by atoms with E-state index in [0.29, 0.717) is 12.5 Å². The van der Waals surface area contributed by atoms with Crippen LogP contribution in [0.2, 0.25) is 0 Å². The standard InChI is InChI=1S/C17H24N2O2/c1-12(13-6-8-18-9-7-13)19-17(20)15-10-14-4-2-3-5-16(14)21-11-15/h2-5,12-13,15,18H,6-11H2,1H3,(H,19,20). The Hall–Kier alpha value is -1.55. The van der Waals surface area contributed by atoms with Crippen molar-refractivity contribution in [2.24, 2.45) is 11.8 Å². The van der Waals surface area contributed by atoms with Crippen LogP contribution in [0.15, 0.2) is 24.3 Å². The molecule has 0 saturated carbocycles. The SMILES string of the molecule is CC(NC(=O)C1COc2ccccc2C1)C1CCNCC1. The van der Waals surface area contributed by atoms with Crippen LogP contribution >= 0.6 is 0 Å². The number of para-hydroxylation sites is 1. The molecule has 2 aliphatic heterocycles. The quantitative estimate of drug-likeness (QED) is 0.891. The largest absolute Gasteiger partial charge is 0.492 e. The third-order valence-electron chi connectivity index (χ3n) is 4.71. The van der Waals surface area contributed by atoms with Crippen molar-refractivity contribution in [2.45, 2.75) is 32.2 Å². The van der Waals surface area contributed by atoms with Gasteiger partial charge in [0.05, 0.1) is 5.92 Å². The highest BCUT2D eigenvalue weighted by Gasteiger charge is 2.28. The van der Waals surface area contributed by atoms with Gasteiger partial charge in [-0.15, -0.1) is 0 Å². The minimum atomic E-state index is -0.0657. The molecule has 2 unspecified atom stereocenters. The highest BCUT2D eigenvalue weighted by molar-refractivity contribution is 5.79. The molecule has 1 fully saturated rings. The fourth-order valence-electron chi connectivity index (χ4n) is 3.30. The van der Waals surface area contributed by atoms with Crippen molar-refractivity contribution in [2.75, 3.05) is 19.7 Å². The Balaban J connectivity index is 1.56. The Bertz CT molecular complexity index is 497. The normalized spacial score (nSPS) is 23.8. The zero-order chi connectivity index (χ0) is 14.7. The number of ether oxygens (including phenoxy) is 1. The fraction of sp³-hybridized carbons (Fsp3) is 0.588. The molecule has 4 heteroatoms. The summed E-state index contributed by atoms with van der Waals surface area (Å²) in [5.41, 5.74) is 1.14. The van der Waals surface area contributed by atoms with E-state index in [1.165, 1.54) is 0 Å². The van der Waals surface area contributed by atoms with E-state index in [0.717, 1.165) is 43.7 Å². The van der Waals surface area contributed by atoms with Crippen LogP contribution in [-0.4, -0.2) is 31.6 Å². The summed E-state index contributed by atoms with van der Waals surface area (Å²) in [6.07, 6.45) is 3.07. The van der Waals surface area contributed by atoms with Gasteiger partial charge in [0.2, 0.25) is 5.91 Å². The Morgan fingerprint density at radius 2 is 2.10 bits per heavy atom. The Labute approximate surface area is 126 Å². The van der Waals surface area contributed by atoms with Gasteiger partial charge in [-0.05, 0) is 56.8 Å². The maximum absolute atomic E-state index is 12.5. The molecular weight excluding hydrogens is 264 g/mol. The van der Waals surface area contributed by atoms with Gasteiger partial charge in [0.25, 0.3) is 0 Å². The van der Waals surface area contributed by atoms with E-state index in [1.54, 1.807) is 0 Å². The van der Waals surface area contributed by atoms with E-state index < -0.39 is 0 Å². The van der Waals surface area contributed by atoms with E-state index in [9.17, 15) is 4.79 Å². The van der Waals surface area contributed by atoms with Gasteiger partial charge in [-0.2, -0.15) is 0 Å². The van der Waals surface area contributed by atoms with E-state index in [2.05, 4.69) is 17.6 Å². The number of carbonyl (C=O) groups excluding carboxylic acids is 1. The second-order valence-electron chi connectivity index (χ2n) is 6.20. The van der Waals surface area contributed by atoms with E-state index in [1.807, 2.05) is 24.3 Å². The van der Waals surface area contributed by atoms with Crippen LogP contribution in [-0.2, 0) is 11.2 Å². The molecule has 4 nitrogen and oxygen atoms in total. The van der Waals surface area contributed by atoms with Crippen molar-refractivity contribution in [3.05, 3.63) is 29.8 Å². The lowest BCUT2D eigenvalue weighted by Crippen LogP contribution is -2.46. The predicted octanol–water partition coefficient (Wildman–Crippen LogP) is 1.74. The minimum absolute atomic E-state index is 0.0657. The molecule has 0 spiro atoms. The average molecular weight is 288 g/mol. The molecule has 114 valence electrons. The summed E-state index contributed by atoms with van der Waals surface area (Å²) in [5, 5.41) is 6.57. The van der Waals surface area contributed by atoms with Gasteiger partial charge in [-0.25, -0.2) is 0 Å². The first-order chi connectivity index (χ1) is 10.2. The van der Waals surface area contributed by atoms with Crippen LogP contribution in [0.25, 0.3) is 0 Å². The molecule has 2 N–H and O–H groups in total. The lowest BCUT2D eigenvalue weighted by Gasteiger charge is -2.31. The molecule has 0 aliphatic carbocycles. The number of carbonyl (C=O) groups is 1. The topological polar surface area (TPSA) is 50.4 Å². The zero-order valence-corrected chi connectivity index (χ0v) is 12.6. The second kappa shape index (κ2) is 6.48. The summed E-state index contributed by atoms with van der Waals surface area (Å²) >= 11 is 0. The molecule has 1 aromatic carbocycles.